The Morgan fingerprint density at radius 1 is 1.19 bits per heavy atom. The molecule has 1 heterocycles. The molecule has 1 aromatic heterocycles. The zero-order chi connectivity index (χ0) is 15.6. The summed E-state index contributed by atoms with van der Waals surface area (Å²) in [6, 6.07) is 8.08. The number of nitrogens with two attached hydrogens (primary N) is 1. The molecule has 0 unspecified atom stereocenters. The normalized spacial score (nSPS) is 11.2. The number of carbonyl (C=O) groups excluding carboxylic acids is 1. The second-order valence-corrected chi connectivity index (χ2v) is 5.75. The first-order valence-corrected chi connectivity index (χ1v) is 6.58. The SMILES string of the molecule is CC(C)(C)OC(=O)c1ccc(-c2ccc(=O)[nH]c2)c(N)c1. The van der Waals surface area contributed by atoms with Crippen LogP contribution >= 0.6 is 0 Å². The molecule has 0 spiro atoms. The quantitative estimate of drug-likeness (QED) is 0.656. The van der Waals surface area contributed by atoms with Crippen LogP contribution < -0.4 is 11.3 Å². The van der Waals surface area contributed by atoms with Gasteiger partial charge in [0.25, 0.3) is 0 Å². The lowest BCUT2D eigenvalue weighted by Crippen LogP contribution is -2.23. The lowest BCUT2D eigenvalue weighted by molar-refractivity contribution is 0.00696. The number of pyridine rings is 1. The van der Waals surface area contributed by atoms with Crippen LogP contribution in [0.1, 0.15) is 31.1 Å². The van der Waals surface area contributed by atoms with Crippen molar-refractivity contribution >= 4 is 11.7 Å². The maximum atomic E-state index is 12.0. The van der Waals surface area contributed by atoms with E-state index in [9.17, 15) is 9.59 Å². The fourth-order valence-electron chi connectivity index (χ4n) is 1.87. The Bertz CT molecular complexity index is 707. The van der Waals surface area contributed by atoms with E-state index >= 15 is 0 Å². The molecule has 2 aromatic rings. The van der Waals surface area contributed by atoms with Crippen LogP contribution in [0.2, 0.25) is 0 Å². The molecule has 5 nitrogen and oxygen atoms in total. The van der Waals surface area contributed by atoms with E-state index < -0.39 is 11.6 Å². The summed E-state index contributed by atoms with van der Waals surface area (Å²) in [7, 11) is 0. The Morgan fingerprint density at radius 3 is 2.43 bits per heavy atom. The number of hydrogen-bond donors (Lipinski definition) is 2. The fourth-order valence-corrected chi connectivity index (χ4v) is 1.87. The number of benzene rings is 1. The van der Waals surface area contributed by atoms with Crippen molar-refractivity contribution in [1.29, 1.82) is 0 Å². The van der Waals surface area contributed by atoms with Crippen molar-refractivity contribution < 1.29 is 9.53 Å². The molecule has 21 heavy (non-hydrogen) atoms. The van der Waals surface area contributed by atoms with Crippen molar-refractivity contribution in [2.45, 2.75) is 26.4 Å². The number of esters is 1. The van der Waals surface area contributed by atoms with Gasteiger partial charge < -0.3 is 15.5 Å². The van der Waals surface area contributed by atoms with Crippen molar-refractivity contribution in [2.75, 3.05) is 5.73 Å². The molecule has 0 aliphatic heterocycles. The second kappa shape index (κ2) is 5.44. The Balaban J connectivity index is 2.31. The predicted octanol–water partition coefficient (Wildman–Crippen LogP) is 2.58. The molecule has 0 saturated carbocycles. The lowest BCUT2D eigenvalue weighted by atomic mass is 10.0. The van der Waals surface area contributed by atoms with Gasteiger partial charge in [0.15, 0.2) is 0 Å². The molecular weight excluding hydrogens is 268 g/mol. The van der Waals surface area contributed by atoms with Gasteiger partial charge in [0.05, 0.1) is 5.56 Å². The largest absolute Gasteiger partial charge is 0.456 e. The van der Waals surface area contributed by atoms with Gasteiger partial charge in [-0.3, -0.25) is 4.79 Å². The van der Waals surface area contributed by atoms with Crippen LogP contribution in [-0.4, -0.2) is 16.6 Å². The average Bonchev–Trinajstić information content (AvgIpc) is 2.38. The van der Waals surface area contributed by atoms with Gasteiger partial charge in [-0.05, 0) is 39.0 Å². The number of hydrogen-bond acceptors (Lipinski definition) is 4. The number of rotatable bonds is 2. The van der Waals surface area contributed by atoms with E-state index in [1.165, 1.54) is 6.07 Å². The van der Waals surface area contributed by atoms with Gasteiger partial charge in [-0.15, -0.1) is 0 Å². The minimum atomic E-state index is -0.552. The van der Waals surface area contributed by atoms with Gasteiger partial charge in [0.1, 0.15) is 5.60 Å². The highest BCUT2D eigenvalue weighted by molar-refractivity contribution is 5.92. The van der Waals surface area contributed by atoms with Gasteiger partial charge in [-0.25, -0.2) is 4.79 Å². The molecule has 0 fully saturated rings. The van der Waals surface area contributed by atoms with E-state index in [1.54, 1.807) is 30.5 Å². The predicted molar refractivity (Wildman–Crippen MR) is 82.1 cm³/mol. The summed E-state index contributed by atoms with van der Waals surface area (Å²) >= 11 is 0. The van der Waals surface area contributed by atoms with Crippen LogP contribution in [0.3, 0.4) is 0 Å². The number of aromatic amines is 1. The number of nitrogen functional groups attached to an aromatic ring is 1. The van der Waals surface area contributed by atoms with Crippen LogP contribution in [0.25, 0.3) is 11.1 Å². The van der Waals surface area contributed by atoms with Crippen LogP contribution in [0, 0.1) is 0 Å². The fraction of sp³-hybridized carbons (Fsp3) is 0.250. The molecule has 0 radical (unpaired) electrons. The van der Waals surface area contributed by atoms with Crippen LogP contribution in [0.5, 0.6) is 0 Å². The molecule has 0 atom stereocenters. The summed E-state index contributed by atoms with van der Waals surface area (Å²) in [4.78, 5) is 25.6. The molecule has 3 N–H and O–H groups in total. The van der Waals surface area contributed by atoms with Crippen molar-refractivity contribution in [3.8, 4) is 11.1 Å². The number of ether oxygens (including phenoxy) is 1. The number of H-pyrrole nitrogens is 1. The van der Waals surface area contributed by atoms with Gasteiger partial charge in [-0.1, -0.05) is 6.07 Å². The molecule has 0 amide bonds. The summed E-state index contributed by atoms with van der Waals surface area (Å²) in [6.45, 7) is 5.43. The highest BCUT2D eigenvalue weighted by Gasteiger charge is 2.18. The lowest BCUT2D eigenvalue weighted by Gasteiger charge is -2.19. The third kappa shape index (κ3) is 3.72. The molecule has 0 aliphatic rings. The van der Waals surface area contributed by atoms with E-state index in [2.05, 4.69) is 4.98 Å². The van der Waals surface area contributed by atoms with E-state index in [-0.39, 0.29) is 5.56 Å². The first kappa shape index (κ1) is 14.8. The highest BCUT2D eigenvalue weighted by Crippen LogP contribution is 2.26. The molecule has 110 valence electrons. The van der Waals surface area contributed by atoms with Gasteiger partial charge in [-0.2, -0.15) is 0 Å². The molecular formula is C16H18N2O3. The second-order valence-electron chi connectivity index (χ2n) is 5.75. The van der Waals surface area contributed by atoms with Crippen LogP contribution in [0.15, 0.2) is 41.3 Å². The van der Waals surface area contributed by atoms with E-state index in [4.69, 9.17) is 10.5 Å². The first-order valence-electron chi connectivity index (χ1n) is 6.58. The monoisotopic (exact) mass is 286 g/mol. The molecule has 0 aliphatic carbocycles. The Morgan fingerprint density at radius 2 is 1.90 bits per heavy atom. The van der Waals surface area contributed by atoms with E-state index in [0.717, 1.165) is 11.1 Å². The minimum Gasteiger partial charge on any atom is -0.456 e. The van der Waals surface area contributed by atoms with Gasteiger partial charge in [0, 0.05) is 29.1 Å². The molecule has 0 bridgehead atoms. The third-order valence-corrected chi connectivity index (χ3v) is 2.78. The smallest absolute Gasteiger partial charge is 0.338 e. The minimum absolute atomic E-state index is 0.178. The zero-order valence-electron chi connectivity index (χ0n) is 12.3. The summed E-state index contributed by atoms with van der Waals surface area (Å²) in [5.41, 5.74) is 7.64. The number of carbonyl (C=O) groups is 1. The number of anilines is 1. The molecule has 5 heteroatoms. The van der Waals surface area contributed by atoms with Crippen molar-refractivity contribution in [3.05, 3.63) is 52.4 Å². The number of aromatic nitrogens is 1. The average molecular weight is 286 g/mol. The summed E-state index contributed by atoms with van der Waals surface area (Å²) < 4.78 is 5.30. The Hall–Kier alpha value is -2.56. The zero-order valence-corrected chi connectivity index (χ0v) is 12.3. The standard InChI is InChI=1S/C16H18N2O3/c1-16(2,3)21-15(20)10-4-6-12(13(17)8-10)11-5-7-14(19)18-9-11/h4-9H,17H2,1-3H3,(H,18,19). The molecule has 2 rings (SSSR count). The van der Waals surface area contributed by atoms with Crippen molar-refractivity contribution in [2.24, 2.45) is 0 Å². The molecule has 1 aromatic carbocycles. The summed E-state index contributed by atoms with van der Waals surface area (Å²) in [5.74, 6) is -0.415. The molecule has 0 saturated heterocycles. The topological polar surface area (TPSA) is 85.2 Å². The van der Waals surface area contributed by atoms with E-state index in [0.29, 0.717) is 11.3 Å². The Labute approximate surface area is 122 Å². The summed E-state index contributed by atoms with van der Waals surface area (Å²) in [5, 5.41) is 0. The van der Waals surface area contributed by atoms with E-state index in [1.807, 2.05) is 20.8 Å². The third-order valence-electron chi connectivity index (χ3n) is 2.78. The van der Waals surface area contributed by atoms with Crippen LogP contribution in [-0.2, 0) is 4.74 Å². The summed E-state index contributed by atoms with van der Waals surface area (Å²) in [6.07, 6.45) is 1.58. The van der Waals surface area contributed by atoms with Crippen molar-refractivity contribution in [3.63, 3.8) is 0 Å². The maximum Gasteiger partial charge on any atom is 0.338 e. The van der Waals surface area contributed by atoms with Crippen LogP contribution in [0.4, 0.5) is 5.69 Å². The number of nitrogens with one attached hydrogen (secondary N) is 1. The van der Waals surface area contributed by atoms with Crippen molar-refractivity contribution in [1.82, 2.24) is 4.98 Å². The van der Waals surface area contributed by atoms with Gasteiger partial charge in [0.2, 0.25) is 5.56 Å². The highest BCUT2D eigenvalue weighted by atomic mass is 16.6. The maximum absolute atomic E-state index is 12.0. The first-order chi connectivity index (χ1) is 9.76. The van der Waals surface area contributed by atoms with Gasteiger partial charge >= 0.3 is 5.97 Å². The Kier molecular flexibility index (Phi) is 3.84.